The van der Waals surface area contributed by atoms with Crippen LogP contribution in [0.25, 0.3) is 0 Å². The van der Waals surface area contributed by atoms with E-state index < -0.39 is 22.0 Å². The van der Waals surface area contributed by atoms with E-state index in [9.17, 15) is 13.4 Å². The number of para-hydroxylation sites is 1. The molecule has 0 bridgehead atoms. The highest BCUT2D eigenvalue weighted by Crippen LogP contribution is 2.33. The van der Waals surface area contributed by atoms with Gasteiger partial charge in [0.1, 0.15) is 0 Å². The molecule has 2 N–H and O–H groups in total. The molecule has 1 rings (SSSR count). The predicted octanol–water partition coefficient (Wildman–Crippen LogP) is 4.17. The van der Waals surface area contributed by atoms with Crippen LogP contribution in [-0.2, 0) is 15.9 Å². The van der Waals surface area contributed by atoms with Gasteiger partial charge in [-0.25, -0.2) is 8.60 Å². The van der Waals surface area contributed by atoms with Gasteiger partial charge in [0.2, 0.25) is 11.1 Å². The Balaban J connectivity index is 3.32. The first kappa shape index (κ1) is 18.8. The van der Waals surface area contributed by atoms with Crippen molar-refractivity contribution in [1.82, 2.24) is 0 Å². The molecule has 1 aromatic carbocycles. The first-order valence-electron chi connectivity index (χ1n) is 7.39. The molecular weight excluding hydrogens is 305 g/mol. The summed E-state index contributed by atoms with van der Waals surface area (Å²) in [6, 6.07) is 5.63. The summed E-state index contributed by atoms with van der Waals surface area (Å²) in [6.45, 7) is 9.26. The monoisotopic (exact) mass is 329 g/mol. The maximum atomic E-state index is 14.4. The third kappa shape index (κ3) is 3.73. The lowest BCUT2D eigenvalue weighted by Gasteiger charge is -2.24. The normalized spacial score (nSPS) is 15.7. The van der Waals surface area contributed by atoms with Gasteiger partial charge >= 0.3 is 0 Å². The van der Waals surface area contributed by atoms with E-state index in [4.69, 9.17) is 4.55 Å². The Kier molecular flexibility index (Phi) is 6.26. The molecule has 0 spiro atoms. The van der Waals surface area contributed by atoms with Crippen LogP contribution in [0.5, 0.6) is 0 Å². The zero-order chi connectivity index (χ0) is 17.1. The Hall–Kier alpha value is -1.27. The Morgan fingerprint density at radius 2 is 1.73 bits per heavy atom. The molecule has 0 saturated carbocycles. The summed E-state index contributed by atoms with van der Waals surface area (Å²) in [6.07, 6.45) is -0.372. The van der Waals surface area contributed by atoms with Gasteiger partial charge in [-0.05, 0) is 23.0 Å². The number of hydrogen-bond acceptors (Lipinski definition) is 2. The van der Waals surface area contributed by atoms with Crippen LogP contribution >= 0.6 is 0 Å². The van der Waals surface area contributed by atoms with Gasteiger partial charge in [-0.1, -0.05) is 52.8 Å². The molecule has 0 aliphatic rings. The molecule has 0 fully saturated rings. The molecule has 6 heteroatoms. The van der Waals surface area contributed by atoms with Gasteiger partial charge in [0.25, 0.3) is 10.9 Å². The molecule has 0 saturated heterocycles. The molecule has 1 amide bonds. The van der Waals surface area contributed by atoms with Crippen LogP contribution in [0.1, 0.15) is 64.0 Å². The van der Waals surface area contributed by atoms with Crippen molar-refractivity contribution in [3.63, 3.8) is 0 Å². The zero-order valence-electron chi connectivity index (χ0n) is 13.6. The van der Waals surface area contributed by atoms with Crippen molar-refractivity contribution in [3.8, 4) is 0 Å². The summed E-state index contributed by atoms with van der Waals surface area (Å²) in [7, 11) is 0. The maximum Gasteiger partial charge on any atom is 0.286 e. The third-order valence-electron chi connectivity index (χ3n) is 3.68. The summed E-state index contributed by atoms with van der Waals surface area (Å²) >= 11 is -2.89. The van der Waals surface area contributed by atoms with E-state index >= 15 is 0 Å². The average molecular weight is 329 g/mol. The van der Waals surface area contributed by atoms with E-state index in [1.54, 1.807) is 0 Å². The molecule has 4 nitrogen and oxygen atoms in total. The van der Waals surface area contributed by atoms with E-state index in [1.807, 2.05) is 45.9 Å². The van der Waals surface area contributed by atoms with E-state index in [-0.39, 0.29) is 18.3 Å². The molecule has 0 aliphatic carbocycles. The molecular formula is C16H24FNO3S. The Bertz CT molecular complexity index is 548. The van der Waals surface area contributed by atoms with Gasteiger partial charge in [-0.3, -0.25) is 4.79 Å². The summed E-state index contributed by atoms with van der Waals surface area (Å²) in [5.41, 5.74) is 2.29. The average Bonchev–Trinajstić information content (AvgIpc) is 2.45. The van der Waals surface area contributed by atoms with Crippen molar-refractivity contribution >= 4 is 22.7 Å². The molecule has 0 heterocycles. The largest absolute Gasteiger partial charge is 0.322 e. The van der Waals surface area contributed by atoms with Crippen molar-refractivity contribution in [2.75, 3.05) is 5.32 Å². The number of anilines is 1. The molecule has 22 heavy (non-hydrogen) atoms. The number of benzene rings is 1. The number of rotatable bonds is 6. The van der Waals surface area contributed by atoms with E-state index in [2.05, 4.69) is 5.32 Å². The molecule has 0 aromatic heterocycles. The van der Waals surface area contributed by atoms with Crippen LogP contribution in [0.2, 0.25) is 0 Å². The Morgan fingerprint density at radius 3 is 2.05 bits per heavy atom. The number of alkyl halides is 1. The highest BCUT2D eigenvalue weighted by molar-refractivity contribution is 7.81. The number of amides is 1. The smallest absolute Gasteiger partial charge is 0.286 e. The first-order chi connectivity index (χ1) is 10.1. The maximum absolute atomic E-state index is 14.4. The molecule has 2 unspecified atom stereocenters. The van der Waals surface area contributed by atoms with Crippen molar-refractivity contribution in [1.29, 1.82) is 0 Å². The van der Waals surface area contributed by atoms with Gasteiger partial charge in [0.15, 0.2) is 0 Å². The van der Waals surface area contributed by atoms with Gasteiger partial charge in [-0.2, -0.15) is 0 Å². The number of carbonyl (C=O) groups is 1. The van der Waals surface area contributed by atoms with Crippen LogP contribution in [0.3, 0.4) is 0 Å². The second-order valence-electron chi connectivity index (χ2n) is 5.91. The van der Waals surface area contributed by atoms with Crippen LogP contribution in [0.15, 0.2) is 18.2 Å². The minimum absolute atomic E-state index is 0.129. The lowest BCUT2D eigenvalue weighted by atomic mass is 9.92. The zero-order valence-corrected chi connectivity index (χ0v) is 14.5. The van der Waals surface area contributed by atoms with Gasteiger partial charge in [-0.15, -0.1) is 0 Å². The number of halogens is 1. The summed E-state index contributed by atoms with van der Waals surface area (Å²) in [4.78, 5) is 12.2. The summed E-state index contributed by atoms with van der Waals surface area (Å²) in [5, 5.41) is -0.260. The van der Waals surface area contributed by atoms with Crippen LogP contribution in [0.4, 0.5) is 10.1 Å². The Morgan fingerprint density at radius 1 is 1.27 bits per heavy atom. The van der Waals surface area contributed by atoms with E-state index in [0.29, 0.717) is 5.69 Å². The van der Waals surface area contributed by atoms with Crippen LogP contribution < -0.4 is 5.32 Å². The fraction of sp³-hybridized carbons (Fsp3) is 0.562. The standard InChI is InChI=1S/C16H24FNO3S/c1-6-16(17,22(20)21)15(19)18-14-12(10(2)3)8-7-9-13(14)11(4)5/h7-11H,6H2,1-5H3,(H,18,19)(H,20,21). The van der Waals surface area contributed by atoms with Gasteiger partial charge in [0, 0.05) is 12.1 Å². The van der Waals surface area contributed by atoms with Crippen molar-refractivity contribution in [2.24, 2.45) is 0 Å². The number of hydrogen-bond donors (Lipinski definition) is 2. The topological polar surface area (TPSA) is 66.4 Å². The molecule has 0 aliphatic heterocycles. The second-order valence-corrected chi connectivity index (χ2v) is 7.05. The lowest BCUT2D eigenvalue weighted by molar-refractivity contribution is -0.122. The van der Waals surface area contributed by atoms with E-state index in [0.717, 1.165) is 11.1 Å². The summed E-state index contributed by atoms with van der Waals surface area (Å²) < 4.78 is 34.7. The van der Waals surface area contributed by atoms with Crippen molar-refractivity contribution in [3.05, 3.63) is 29.3 Å². The SMILES string of the molecule is CCC(F)(C(=O)Nc1c(C(C)C)cccc1C(C)C)S(=O)O. The van der Waals surface area contributed by atoms with Crippen molar-refractivity contribution in [2.45, 2.75) is 57.9 Å². The lowest BCUT2D eigenvalue weighted by Crippen LogP contribution is -2.42. The minimum Gasteiger partial charge on any atom is -0.322 e. The van der Waals surface area contributed by atoms with Gasteiger partial charge in [0.05, 0.1) is 0 Å². The summed E-state index contributed by atoms with van der Waals surface area (Å²) in [5.74, 6) is -0.820. The third-order valence-corrected chi connectivity index (χ3v) is 4.71. The highest BCUT2D eigenvalue weighted by Gasteiger charge is 2.44. The Labute approximate surface area is 133 Å². The second kappa shape index (κ2) is 7.33. The highest BCUT2D eigenvalue weighted by atomic mass is 32.2. The van der Waals surface area contributed by atoms with Crippen LogP contribution in [0, 0.1) is 0 Å². The molecule has 124 valence electrons. The first-order valence-corrected chi connectivity index (χ1v) is 8.49. The quantitative estimate of drug-likeness (QED) is 0.770. The molecule has 1 aromatic rings. The number of nitrogens with one attached hydrogen (secondary N) is 1. The fourth-order valence-corrected chi connectivity index (χ4v) is 2.72. The van der Waals surface area contributed by atoms with Crippen molar-refractivity contribution < 1.29 is 17.9 Å². The van der Waals surface area contributed by atoms with Gasteiger partial charge < -0.3 is 9.87 Å². The fourth-order valence-electron chi connectivity index (χ4n) is 2.27. The van der Waals surface area contributed by atoms with Crippen LogP contribution in [-0.4, -0.2) is 19.7 Å². The molecule has 0 radical (unpaired) electrons. The van der Waals surface area contributed by atoms with E-state index in [1.165, 1.54) is 6.92 Å². The minimum atomic E-state index is -2.89. The number of carbonyl (C=O) groups excluding carboxylic acids is 1. The predicted molar refractivity (Wildman–Crippen MR) is 88.2 cm³/mol. The molecule has 2 atom stereocenters.